The molecule has 0 rings (SSSR count). The van der Waals surface area contributed by atoms with Crippen LogP contribution in [0.5, 0.6) is 0 Å². The average molecular weight is 115 g/mol. The quantitative estimate of drug-likeness (QED) is 0.352. The Morgan fingerprint density at radius 2 is 0.800 bits per heavy atom. The highest BCUT2D eigenvalue weighted by Crippen LogP contribution is 1.29. The highest BCUT2D eigenvalue weighted by Gasteiger charge is 1.03. The summed E-state index contributed by atoms with van der Waals surface area (Å²) in [7, 11) is 2.94. The topological polar surface area (TPSA) is 31.5 Å². The van der Waals surface area contributed by atoms with Crippen molar-refractivity contribution in [1.82, 2.24) is 0 Å². The first-order chi connectivity index (χ1) is 2.00. The van der Waals surface area contributed by atoms with E-state index in [1.807, 2.05) is 0 Å². The standard InChI is InChI=1S/2BClH2.H2O/c2*1-2;/h2*1H2;1H2. The van der Waals surface area contributed by atoms with E-state index in [9.17, 15) is 0 Å². The van der Waals surface area contributed by atoms with Crippen molar-refractivity contribution in [2.24, 2.45) is 0 Å². The SMILES string of the molecule is BCl.BCl.O. The van der Waals surface area contributed by atoms with Gasteiger partial charge in [-0.1, -0.05) is 0 Å². The Bertz CT molecular complexity index is 7.61. The maximum Gasteiger partial charge on any atom is 0.215 e. The van der Waals surface area contributed by atoms with Crippen LogP contribution in [-0.2, 0) is 0 Å². The lowest BCUT2D eigenvalue weighted by Gasteiger charge is -1.02. The molecule has 0 aliphatic heterocycles. The molecule has 0 saturated heterocycles. The van der Waals surface area contributed by atoms with Crippen LogP contribution in [0.4, 0.5) is 0 Å². The minimum atomic E-state index is 0. The lowest BCUT2D eigenvalue weighted by atomic mass is 10.8. The highest BCUT2D eigenvalue weighted by atomic mass is 35.5. The van der Waals surface area contributed by atoms with Crippen LogP contribution in [0.15, 0.2) is 0 Å². The first-order valence-corrected chi connectivity index (χ1v) is 2.27. The van der Waals surface area contributed by atoms with Crippen molar-refractivity contribution in [2.75, 3.05) is 0 Å². The van der Waals surface area contributed by atoms with E-state index in [0.29, 0.717) is 0 Å². The third-order valence-corrected chi connectivity index (χ3v) is 0. The molecule has 0 amide bonds. The fraction of sp³-hybridized carbons (Fsp3) is 0. The number of rotatable bonds is 0. The van der Waals surface area contributed by atoms with Crippen molar-refractivity contribution in [2.45, 2.75) is 0 Å². The Morgan fingerprint density at radius 3 is 0.800 bits per heavy atom. The third-order valence-electron chi connectivity index (χ3n) is 0. The normalized spacial score (nSPS) is 2.00. The second kappa shape index (κ2) is 140. The highest BCUT2D eigenvalue weighted by molar-refractivity contribution is 6.81. The van der Waals surface area contributed by atoms with Gasteiger partial charge in [-0.15, -0.1) is 0 Å². The van der Waals surface area contributed by atoms with E-state index >= 15 is 0 Å². The Hall–Kier alpha value is 0.670. The summed E-state index contributed by atoms with van der Waals surface area (Å²) in [6, 6.07) is 0. The molecule has 0 aliphatic carbocycles. The van der Waals surface area contributed by atoms with Gasteiger partial charge in [-0.2, -0.15) is 0 Å². The smallest absolute Gasteiger partial charge is 0.215 e. The zero-order chi connectivity index (χ0) is 4.00. The molecule has 2 N–H and O–H groups in total. The molecule has 0 aromatic carbocycles. The van der Waals surface area contributed by atoms with Crippen LogP contribution in [0.2, 0.25) is 0 Å². The van der Waals surface area contributed by atoms with Crippen molar-refractivity contribution < 1.29 is 5.48 Å². The summed E-state index contributed by atoms with van der Waals surface area (Å²) >= 11 is 9.28. The minimum absolute atomic E-state index is 0. The first-order valence-electron chi connectivity index (χ1n) is 0.756. The van der Waals surface area contributed by atoms with Gasteiger partial charge < -0.3 is 5.48 Å². The van der Waals surface area contributed by atoms with E-state index < -0.39 is 0 Å². The number of hydrogen-bond acceptors (Lipinski definition) is 0. The van der Waals surface area contributed by atoms with Crippen LogP contribution < -0.4 is 0 Å². The van der Waals surface area contributed by atoms with Gasteiger partial charge in [0.2, 0.25) is 14.5 Å². The molecule has 0 spiro atoms. The maximum atomic E-state index is 4.64. The van der Waals surface area contributed by atoms with Gasteiger partial charge in [-0.25, -0.2) is 22.9 Å². The van der Waals surface area contributed by atoms with Crippen molar-refractivity contribution in [3.63, 3.8) is 0 Å². The van der Waals surface area contributed by atoms with E-state index in [1.54, 1.807) is 0 Å². The van der Waals surface area contributed by atoms with Crippen LogP contribution in [-0.4, -0.2) is 20.0 Å². The lowest BCUT2D eigenvalue weighted by Crippen LogP contribution is -0.980. The minimum Gasteiger partial charge on any atom is -0.412 e. The molecular weight excluding hydrogens is 109 g/mol. The molecule has 1 nitrogen and oxygen atoms in total. The van der Waals surface area contributed by atoms with Crippen LogP contribution >= 0.6 is 22.9 Å². The molecule has 0 fully saturated rings. The van der Waals surface area contributed by atoms with Gasteiger partial charge in [0.25, 0.3) is 0 Å². The van der Waals surface area contributed by atoms with E-state index in [1.165, 1.54) is 14.5 Å². The summed E-state index contributed by atoms with van der Waals surface area (Å²) in [5.41, 5.74) is 0. The number of halogens is 2. The Kier molecular flexibility index (Phi) is 486. The molecule has 5 heteroatoms. The average Bonchev–Trinajstić information content (AvgIpc) is 1.50. The van der Waals surface area contributed by atoms with Crippen LogP contribution in [0.1, 0.15) is 0 Å². The van der Waals surface area contributed by atoms with Crippen LogP contribution in [0, 0.1) is 0 Å². The summed E-state index contributed by atoms with van der Waals surface area (Å²) in [5.74, 6) is 0. The molecule has 0 heterocycles. The summed E-state index contributed by atoms with van der Waals surface area (Å²) in [5, 5.41) is 0. The van der Waals surface area contributed by atoms with Crippen LogP contribution in [0.3, 0.4) is 0 Å². The summed E-state index contributed by atoms with van der Waals surface area (Å²) in [4.78, 5) is 0. The zero-order valence-electron chi connectivity index (χ0n) is 3.26. The van der Waals surface area contributed by atoms with E-state index in [2.05, 4.69) is 22.9 Å². The molecule has 5 heavy (non-hydrogen) atoms. The van der Waals surface area contributed by atoms with Gasteiger partial charge in [-0.05, 0) is 0 Å². The molecule has 0 aliphatic rings. The largest absolute Gasteiger partial charge is 0.412 e. The molecule has 0 aromatic rings. The summed E-state index contributed by atoms with van der Waals surface area (Å²) < 4.78 is 0. The molecule has 0 radical (unpaired) electrons. The second-order valence-corrected chi connectivity index (χ2v) is 0. The van der Waals surface area contributed by atoms with Gasteiger partial charge in [-0.3, -0.25) is 0 Å². The first kappa shape index (κ1) is 17.3. The molecule has 0 bridgehead atoms. The van der Waals surface area contributed by atoms with E-state index in [0.717, 1.165) is 0 Å². The van der Waals surface area contributed by atoms with Gasteiger partial charge >= 0.3 is 0 Å². The predicted octanol–water partition coefficient (Wildman–Crippen LogP) is -1.28. The van der Waals surface area contributed by atoms with E-state index in [-0.39, 0.29) is 5.48 Å². The molecule has 0 aromatic heterocycles. The Morgan fingerprint density at radius 1 is 0.800 bits per heavy atom. The van der Waals surface area contributed by atoms with Crippen molar-refractivity contribution in [3.8, 4) is 0 Å². The van der Waals surface area contributed by atoms with Gasteiger partial charge in [0, 0.05) is 0 Å². The van der Waals surface area contributed by atoms with Crippen LogP contribution in [0.25, 0.3) is 0 Å². The third kappa shape index (κ3) is 74.2. The lowest BCUT2D eigenvalue weighted by molar-refractivity contribution is 0.824. The molecule has 0 saturated carbocycles. The molecule has 0 atom stereocenters. The van der Waals surface area contributed by atoms with Gasteiger partial charge in [0.1, 0.15) is 0 Å². The number of hydrogen-bond donors (Lipinski definition) is 0. The van der Waals surface area contributed by atoms with E-state index in [4.69, 9.17) is 0 Å². The van der Waals surface area contributed by atoms with Gasteiger partial charge in [0.15, 0.2) is 0 Å². The summed E-state index contributed by atoms with van der Waals surface area (Å²) in [6.07, 6.45) is 0. The predicted molar refractivity (Wildman–Crippen MR) is 32.4 cm³/mol. The fourth-order valence-corrected chi connectivity index (χ4v) is 0. The molecular formula is H6B2Cl2O. The second-order valence-electron chi connectivity index (χ2n) is 0. The summed E-state index contributed by atoms with van der Waals surface area (Å²) in [6.45, 7) is 0. The Labute approximate surface area is 43.6 Å². The van der Waals surface area contributed by atoms with Crippen molar-refractivity contribution in [3.05, 3.63) is 0 Å². The zero-order valence-corrected chi connectivity index (χ0v) is 4.77. The monoisotopic (exact) mass is 114 g/mol. The van der Waals surface area contributed by atoms with Crippen molar-refractivity contribution >= 4 is 37.4 Å². The Balaban J connectivity index is -0.0000000133. The fourth-order valence-electron chi connectivity index (χ4n) is 0. The van der Waals surface area contributed by atoms with Crippen molar-refractivity contribution in [1.29, 1.82) is 0 Å². The maximum absolute atomic E-state index is 4.64. The molecule has 0 unspecified atom stereocenters. The molecule has 32 valence electrons. The van der Waals surface area contributed by atoms with Gasteiger partial charge in [0.05, 0.1) is 0 Å².